The van der Waals surface area contributed by atoms with E-state index >= 15 is 0 Å². The third-order valence-corrected chi connectivity index (χ3v) is 2.44. The van der Waals surface area contributed by atoms with Crippen LogP contribution in [0.5, 0.6) is 0 Å². The molecule has 0 aromatic heterocycles. The maximum Gasteiger partial charge on any atom is 0.471 e. The molecule has 0 aromatic rings. The lowest BCUT2D eigenvalue weighted by Crippen LogP contribution is -2.50. The van der Waals surface area contributed by atoms with Gasteiger partial charge < -0.3 is 10.2 Å². The van der Waals surface area contributed by atoms with Crippen molar-refractivity contribution in [2.24, 2.45) is 5.41 Å². The Hall–Kier alpha value is -0.780. The van der Waals surface area contributed by atoms with E-state index in [-0.39, 0.29) is 18.0 Å². The first-order valence-corrected chi connectivity index (χ1v) is 4.99. The fraction of sp³-hybridized carbons (Fsp3) is 0.900. The van der Waals surface area contributed by atoms with Crippen molar-refractivity contribution in [2.45, 2.75) is 33.0 Å². The molecule has 0 aliphatic carbocycles. The second kappa shape index (κ2) is 5.03. The summed E-state index contributed by atoms with van der Waals surface area (Å²) < 4.78 is 36.4. The van der Waals surface area contributed by atoms with Crippen LogP contribution in [0.3, 0.4) is 0 Å². The number of amides is 1. The zero-order valence-electron chi connectivity index (χ0n) is 10.3. The zero-order valence-corrected chi connectivity index (χ0v) is 10.3. The predicted octanol–water partition coefficient (Wildman–Crippen LogP) is 1.64. The summed E-state index contributed by atoms with van der Waals surface area (Å²) >= 11 is 0. The summed E-state index contributed by atoms with van der Waals surface area (Å²) in [6, 6.07) is -0.191. The van der Waals surface area contributed by atoms with E-state index in [1.807, 2.05) is 20.8 Å². The number of carbonyl (C=O) groups is 1. The minimum absolute atomic E-state index is 0.0261. The first-order valence-electron chi connectivity index (χ1n) is 4.99. The van der Waals surface area contributed by atoms with Gasteiger partial charge in [-0.15, -0.1) is 0 Å². The van der Waals surface area contributed by atoms with Gasteiger partial charge >= 0.3 is 12.1 Å². The summed E-state index contributed by atoms with van der Waals surface area (Å²) in [5.41, 5.74) is -0.213. The number of hydrogen-bond donors (Lipinski definition) is 1. The topological polar surface area (TPSA) is 32.3 Å². The SMILES string of the molecule is CNC(CN(C)C(=O)C(F)(F)F)C(C)(C)C. The van der Waals surface area contributed by atoms with Gasteiger partial charge in [0.2, 0.25) is 0 Å². The van der Waals surface area contributed by atoms with E-state index in [9.17, 15) is 18.0 Å². The predicted molar refractivity (Wildman–Crippen MR) is 56.0 cm³/mol. The van der Waals surface area contributed by atoms with Crippen molar-refractivity contribution in [3.05, 3.63) is 0 Å². The van der Waals surface area contributed by atoms with Gasteiger partial charge in [-0.25, -0.2) is 0 Å². The molecule has 0 spiro atoms. The Balaban J connectivity index is 4.55. The summed E-state index contributed by atoms with van der Waals surface area (Å²) in [5.74, 6) is -1.81. The first-order chi connectivity index (χ1) is 7.00. The van der Waals surface area contributed by atoms with E-state index in [2.05, 4.69) is 5.32 Å². The van der Waals surface area contributed by atoms with Gasteiger partial charge in [0.05, 0.1) is 0 Å². The molecule has 0 aliphatic heterocycles. The molecule has 0 fully saturated rings. The van der Waals surface area contributed by atoms with Crippen LogP contribution in [0.2, 0.25) is 0 Å². The van der Waals surface area contributed by atoms with E-state index in [4.69, 9.17) is 0 Å². The molecule has 1 amide bonds. The summed E-state index contributed by atoms with van der Waals surface area (Å²) in [6.07, 6.45) is -4.80. The van der Waals surface area contributed by atoms with Crippen LogP contribution in [0.25, 0.3) is 0 Å². The van der Waals surface area contributed by atoms with Crippen LogP contribution < -0.4 is 5.32 Å². The van der Waals surface area contributed by atoms with Crippen molar-refractivity contribution < 1.29 is 18.0 Å². The van der Waals surface area contributed by atoms with E-state index in [0.717, 1.165) is 7.05 Å². The van der Waals surface area contributed by atoms with Crippen LogP contribution >= 0.6 is 0 Å². The van der Waals surface area contributed by atoms with Crippen molar-refractivity contribution in [1.29, 1.82) is 0 Å². The summed E-state index contributed by atoms with van der Waals surface area (Å²) in [5, 5.41) is 2.92. The van der Waals surface area contributed by atoms with E-state index in [1.165, 1.54) is 0 Å². The summed E-state index contributed by atoms with van der Waals surface area (Å²) in [4.78, 5) is 11.6. The molecule has 1 unspecified atom stereocenters. The Morgan fingerprint density at radius 3 is 2.00 bits per heavy atom. The molecule has 1 atom stereocenters. The number of carbonyl (C=O) groups excluding carboxylic acids is 1. The fourth-order valence-electron chi connectivity index (χ4n) is 1.37. The molecule has 1 N–H and O–H groups in total. The number of nitrogens with one attached hydrogen (secondary N) is 1. The van der Waals surface area contributed by atoms with Crippen LogP contribution in [-0.2, 0) is 4.79 Å². The second-order valence-corrected chi connectivity index (χ2v) is 4.89. The molecule has 0 bridgehead atoms. The van der Waals surface area contributed by atoms with Crippen LogP contribution in [0.15, 0.2) is 0 Å². The average molecular weight is 240 g/mol. The van der Waals surface area contributed by atoms with Crippen molar-refractivity contribution in [3.63, 3.8) is 0 Å². The highest BCUT2D eigenvalue weighted by Crippen LogP contribution is 2.22. The smallest absolute Gasteiger partial charge is 0.336 e. The number of halogens is 3. The van der Waals surface area contributed by atoms with Crippen molar-refractivity contribution in [1.82, 2.24) is 10.2 Å². The minimum atomic E-state index is -4.80. The highest BCUT2D eigenvalue weighted by atomic mass is 19.4. The van der Waals surface area contributed by atoms with Gasteiger partial charge in [-0.1, -0.05) is 20.8 Å². The molecular weight excluding hydrogens is 221 g/mol. The zero-order chi connectivity index (χ0) is 13.1. The van der Waals surface area contributed by atoms with Crippen molar-refractivity contribution in [3.8, 4) is 0 Å². The summed E-state index contributed by atoms with van der Waals surface area (Å²) in [7, 11) is 2.83. The molecule has 16 heavy (non-hydrogen) atoms. The molecule has 96 valence electrons. The second-order valence-electron chi connectivity index (χ2n) is 4.89. The molecule has 0 radical (unpaired) electrons. The van der Waals surface area contributed by atoms with Crippen molar-refractivity contribution in [2.75, 3.05) is 20.6 Å². The third-order valence-electron chi connectivity index (χ3n) is 2.44. The molecule has 0 saturated carbocycles. The van der Waals surface area contributed by atoms with Gasteiger partial charge in [0.1, 0.15) is 0 Å². The maximum absolute atomic E-state index is 12.1. The molecular formula is C10H19F3N2O. The normalized spacial score (nSPS) is 14.8. The monoisotopic (exact) mass is 240 g/mol. The molecule has 3 nitrogen and oxygen atoms in total. The van der Waals surface area contributed by atoms with Crippen molar-refractivity contribution >= 4 is 5.91 Å². The molecule has 0 saturated heterocycles. The number of likely N-dealkylation sites (N-methyl/N-ethyl adjacent to an activating group) is 2. The van der Waals surface area contributed by atoms with E-state index < -0.39 is 12.1 Å². The maximum atomic E-state index is 12.1. The largest absolute Gasteiger partial charge is 0.471 e. The fourth-order valence-corrected chi connectivity index (χ4v) is 1.37. The van der Waals surface area contributed by atoms with Gasteiger partial charge in [-0.05, 0) is 12.5 Å². The van der Waals surface area contributed by atoms with Gasteiger partial charge in [-0.3, -0.25) is 4.79 Å². The van der Waals surface area contributed by atoms with Gasteiger partial charge in [0.15, 0.2) is 0 Å². The van der Waals surface area contributed by atoms with Crippen LogP contribution in [0.4, 0.5) is 13.2 Å². The van der Waals surface area contributed by atoms with E-state index in [1.54, 1.807) is 7.05 Å². The van der Waals surface area contributed by atoms with Gasteiger partial charge in [0.25, 0.3) is 0 Å². The quantitative estimate of drug-likeness (QED) is 0.813. The molecule has 0 aromatic carbocycles. The Bertz CT molecular complexity index is 245. The number of nitrogens with zero attached hydrogens (tertiary/aromatic N) is 1. The average Bonchev–Trinajstić information content (AvgIpc) is 2.08. The summed E-state index contributed by atoms with van der Waals surface area (Å²) in [6.45, 7) is 5.73. The first kappa shape index (κ1) is 15.2. The highest BCUT2D eigenvalue weighted by molar-refractivity contribution is 5.81. The van der Waals surface area contributed by atoms with Crippen LogP contribution in [0, 0.1) is 5.41 Å². The molecule has 0 heterocycles. The molecule has 6 heteroatoms. The van der Waals surface area contributed by atoms with Crippen LogP contribution in [0.1, 0.15) is 20.8 Å². The van der Waals surface area contributed by atoms with E-state index in [0.29, 0.717) is 4.90 Å². The number of rotatable bonds is 3. The lowest BCUT2D eigenvalue weighted by Gasteiger charge is -2.33. The van der Waals surface area contributed by atoms with Gasteiger partial charge in [0, 0.05) is 19.6 Å². The van der Waals surface area contributed by atoms with Gasteiger partial charge in [-0.2, -0.15) is 13.2 Å². The third kappa shape index (κ3) is 4.38. The number of alkyl halides is 3. The minimum Gasteiger partial charge on any atom is -0.336 e. The Morgan fingerprint density at radius 2 is 1.75 bits per heavy atom. The standard InChI is InChI=1S/C10H19F3N2O/c1-9(2,3)7(14-4)6-15(5)8(16)10(11,12)13/h7,14H,6H2,1-5H3. The lowest BCUT2D eigenvalue weighted by atomic mass is 9.86. The number of hydrogen-bond acceptors (Lipinski definition) is 2. The van der Waals surface area contributed by atoms with Crippen LogP contribution in [-0.4, -0.2) is 43.7 Å². The molecule has 0 aliphatic rings. The Morgan fingerprint density at radius 1 is 1.31 bits per heavy atom. The lowest BCUT2D eigenvalue weighted by molar-refractivity contribution is -0.184. The highest BCUT2D eigenvalue weighted by Gasteiger charge is 2.42. The Labute approximate surface area is 94.0 Å². The molecule has 0 rings (SSSR count). The Kier molecular flexibility index (Phi) is 4.79.